The van der Waals surface area contributed by atoms with Crippen LogP contribution in [0, 0.1) is 0 Å². The maximum atomic E-state index is 11.5. The number of carbonyl (C=O) groups is 5. The fourth-order valence-corrected chi connectivity index (χ4v) is 1.56. The average Bonchev–Trinajstić information content (AvgIpc) is 2.55. The zero-order valence-electron chi connectivity index (χ0n) is 14.1. The van der Waals surface area contributed by atoms with Crippen molar-refractivity contribution in [1.29, 1.82) is 0 Å². The van der Waals surface area contributed by atoms with Crippen molar-refractivity contribution < 1.29 is 39.3 Å². The lowest BCUT2D eigenvalue weighted by Crippen LogP contribution is -2.49. The number of carboxylic acids is 3. The Morgan fingerprint density at radius 3 is 1.92 bits per heavy atom. The highest BCUT2D eigenvalue weighted by Gasteiger charge is 2.20. The second-order valence-electron chi connectivity index (χ2n) is 4.82. The van der Waals surface area contributed by atoms with Crippen LogP contribution < -0.4 is 21.7 Å². The van der Waals surface area contributed by atoms with Gasteiger partial charge >= 0.3 is 17.9 Å². The SMILES string of the molecule is CNCC(=O)O.NC(CCC(=O)NC(CS)C(=O)NCC(=O)O)C(=O)O. The first-order valence-corrected chi connectivity index (χ1v) is 7.92. The van der Waals surface area contributed by atoms with E-state index in [9.17, 15) is 24.0 Å². The third kappa shape index (κ3) is 15.2. The topological polar surface area (TPSA) is 208 Å². The fourth-order valence-electron chi connectivity index (χ4n) is 1.31. The van der Waals surface area contributed by atoms with Gasteiger partial charge in [-0.25, -0.2) is 0 Å². The Bertz CT molecular complexity index is 503. The van der Waals surface area contributed by atoms with E-state index in [-0.39, 0.29) is 25.1 Å². The Balaban J connectivity index is 0. The van der Waals surface area contributed by atoms with E-state index in [1.807, 2.05) is 0 Å². The average molecular weight is 396 g/mol. The molecule has 2 amide bonds. The zero-order valence-corrected chi connectivity index (χ0v) is 15.0. The summed E-state index contributed by atoms with van der Waals surface area (Å²) in [6.45, 7) is -0.525. The van der Waals surface area contributed by atoms with E-state index in [0.717, 1.165) is 0 Å². The molecule has 0 aromatic carbocycles. The van der Waals surface area contributed by atoms with Gasteiger partial charge in [-0.3, -0.25) is 24.0 Å². The lowest BCUT2D eigenvalue weighted by Gasteiger charge is -2.16. The molecule has 150 valence electrons. The Kier molecular flexibility index (Phi) is 14.8. The molecule has 0 spiro atoms. The first-order valence-electron chi connectivity index (χ1n) is 7.29. The smallest absolute Gasteiger partial charge is 0.322 e. The van der Waals surface area contributed by atoms with Gasteiger partial charge in [0.05, 0.1) is 6.54 Å². The zero-order chi connectivity index (χ0) is 20.7. The van der Waals surface area contributed by atoms with Crippen molar-refractivity contribution in [3.8, 4) is 0 Å². The van der Waals surface area contributed by atoms with Gasteiger partial charge in [0.25, 0.3) is 0 Å². The van der Waals surface area contributed by atoms with E-state index in [1.54, 1.807) is 7.05 Å². The largest absolute Gasteiger partial charge is 0.480 e. The number of aliphatic carboxylic acids is 3. The van der Waals surface area contributed by atoms with Gasteiger partial charge in [0.1, 0.15) is 18.6 Å². The number of hydrogen-bond donors (Lipinski definition) is 8. The molecule has 26 heavy (non-hydrogen) atoms. The van der Waals surface area contributed by atoms with Crippen LogP contribution in [-0.2, 0) is 24.0 Å². The van der Waals surface area contributed by atoms with Crippen molar-refractivity contribution in [2.45, 2.75) is 24.9 Å². The molecule has 0 aliphatic carbocycles. The molecule has 0 aromatic rings. The molecule has 0 bridgehead atoms. The summed E-state index contributed by atoms with van der Waals surface area (Å²) in [5, 5.41) is 31.7. The van der Waals surface area contributed by atoms with Crippen molar-refractivity contribution in [2.24, 2.45) is 5.73 Å². The molecule has 0 rings (SSSR count). The number of carboxylic acid groups (broad SMARTS) is 3. The summed E-state index contributed by atoms with van der Waals surface area (Å²) >= 11 is 3.87. The maximum absolute atomic E-state index is 11.5. The van der Waals surface area contributed by atoms with Crippen LogP contribution in [0.3, 0.4) is 0 Å². The third-order valence-corrected chi connectivity index (χ3v) is 2.94. The van der Waals surface area contributed by atoms with Crippen molar-refractivity contribution >= 4 is 42.4 Å². The number of hydrogen-bond acceptors (Lipinski definition) is 8. The Morgan fingerprint density at radius 1 is 1.04 bits per heavy atom. The number of nitrogens with two attached hydrogens (primary N) is 1. The second-order valence-corrected chi connectivity index (χ2v) is 5.19. The van der Waals surface area contributed by atoms with Crippen LogP contribution in [0.1, 0.15) is 12.8 Å². The number of amides is 2. The molecule has 8 N–H and O–H groups in total. The summed E-state index contributed by atoms with van der Waals surface area (Å²) in [7, 11) is 1.59. The molecule has 0 radical (unpaired) electrons. The number of thiol groups is 1. The maximum Gasteiger partial charge on any atom is 0.322 e. The minimum Gasteiger partial charge on any atom is -0.480 e. The van der Waals surface area contributed by atoms with Crippen molar-refractivity contribution in [1.82, 2.24) is 16.0 Å². The minimum atomic E-state index is -1.22. The van der Waals surface area contributed by atoms with Gasteiger partial charge in [0.2, 0.25) is 11.8 Å². The van der Waals surface area contributed by atoms with Crippen molar-refractivity contribution in [3.63, 3.8) is 0 Å². The number of carbonyl (C=O) groups excluding carboxylic acids is 2. The molecular weight excluding hydrogens is 372 g/mol. The van der Waals surface area contributed by atoms with Gasteiger partial charge in [-0.05, 0) is 13.5 Å². The molecule has 0 saturated carbocycles. The van der Waals surface area contributed by atoms with Crippen LogP contribution in [0.2, 0.25) is 0 Å². The van der Waals surface area contributed by atoms with E-state index in [0.29, 0.717) is 0 Å². The van der Waals surface area contributed by atoms with Gasteiger partial charge in [0, 0.05) is 12.2 Å². The molecule has 0 aromatic heterocycles. The molecule has 0 heterocycles. The standard InChI is InChI=1S/C10H17N3O6S.C3H7NO2/c11-5(10(18)19)1-2-7(14)13-6(4-20)9(17)12-3-8(15)16;1-4-2-3(5)6/h5-6,20H,1-4,11H2,(H,12,17)(H,13,14)(H,15,16)(H,18,19);4H,2H2,1H3,(H,5,6). The molecular formula is C13H24N4O8S. The number of rotatable bonds is 11. The van der Waals surface area contributed by atoms with E-state index >= 15 is 0 Å². The highest BCUT2D eigenvalue weighted by atomic mass is 32.1. The molecule has 2 unspecified atom stereocenters. The van der Waals surface area contributed by atoms with Crippen LogP contribution in [0.4, 0.5) is 0 Å². The highest BCUT2D eigenvalue weighted by Crippen LogP contribution is 1.97. The Morgan fingerprint density at radius 2 is 1.58 bits per heavy atom. The van der Waals surface area contributed by atoms with E-state index in [4.69, 9.17) is 21.1 Å². The third-order valence-electron chi connectivity index (χ3n) is 2.58. The Hall–Kier alpha value is -2.38. The van der Waals surface area contributed by atoms with Gasteiger partial charge < -0.3 is 37.0 Å². The normalized spacial score (nSPS) is 12.0. The molecule has 0 aliphatic rings. The first kappa shape index (κ1) is 25.9. The summed E-state index contributed by atoms with van der Waals surface area (Å²) in [6, 6.07) is -2.15. The van der Waals surface area contributed by atoms with Crippen LogP contribution in [0.5, 0.6) is 0 Å². The summed E-state index contributed by atoms with van der Waals surface area (Å²) in [6.07, 6.45) is -0.235. The van der Waals surface area contributed by atoms with Crippen LogP contribution >= 0.6 is 12.6 Å². The Labute approximate surface area is 154 Å². The molecule has 12 nitrogen and oxygen atoms in total. The van der Waals surface area contributed by atoms with E-state index in [1.165, 1.54) is 0 Å². The lowest BCUT2D eigenvalue weighted by molar-refractivity contribution is -0.139. The summed E-state index contributed by atoms with van der Waals surface area (Å²) in [4.78, 5) is 53.3. The summed E-state index contributed by atoms with van der Waals surface area (Å²) in [5.41, 5.74) is 5.23. The number of likely N-dealkylation sites (N-methyl/N-ethyl adjacent to an activating group) is 1. The van der Waals surface area contributed by atoms with Gasteiger partial charge in [-0.2, -0.15) is 12.6 Å². The van der Waals surface area contributed by atoms with Crippen molar-refractivity contribution in [3.05, 3.63) is 0 Å². The lowest BCUT2D eigenvalue weighted by atomic mass is 10.1. The molecule has 13 heteroatoms. The summed E-state index contributed by atoms with van der Waals surface area (Å²) < 4.78 is 0. The van der Waals surface area contributed by atoms with E-state index < -0.39 is 48.4 Å². The molecule has 0 aliphatic heterocycles. The van der Waals surface area contributed by atoms with Crippen LogP contribution in [-0.4, -0.2) is 83.0 Å². The predicted octanol–water partition coefficient (Wildman–Crippen LogP) is -2.92. The monoisotopic (exact) mass is 396 g/mol. The van der Waals surface area contributed by atoms with Gasteiger partial charge in [-0.1, -0.05) is 0 Å². The van der Waals surface area contributed by atoms with E-state index in [2.05, 4.69) is 28.6 Å². The predicted molar refractivity (Wildman–Crippen MR) is 92.8 cm³/mol. The van der Waals surface area contributed by atoms with Gasteiger partial charge in [-0.15, -0.1) is 0 Å². The first-order chi connectivity index (χ1) is 12.0. The summed E-state index contributed by atoms with van der Waals surface area (Å²) in [5.74, 6) is -4.53. The minimum absolute atomic E-state index is 0.0256. The van der Waals surface area contributed by atoms with Crippen molar-refractivity contribution in [2.75, 3.05) is 25.9 Å². The fraction of sp³-hybridized carbons (Fsp3) is 0.615. The second kappa shape index (κ2) is 14.9. The van der Waals surface area contributed by atoms with Gasteiger partial charge in [0.15, 0.2) is 0 Å². The van der Waals surface area contributed by atoms with Crippen LogP contribution in [0.25, 0.3) is 0 Å². The highest BCUT2D eigenvalue weighted by molar-refractivity contribution is 7.80. The quantitative estimate of drug-likeness (QED) is 0.167. The molecule has 2 atom stereocenters. The molecule has 0 fully saturated rings. The molecule has 0 saturated heterocycles. The number of nitrogens with one attached hydrogen (secondary N) is 3. The van der Waals surface area contributed by atoms with Crippen LogP contribution in [0.15, 0.2) is 0 Å².